The first-order valence-corrected chi connectivity index (χ1v) is 11.4. The number of halogens is 2. The summed E-state index contributed by atoms with van der Waals surface area (Å²) in [5.41, 5.74) is 1.44. The lowest BCUT2D eigenvalue weighted by Gasteiger charge is -2.21. The Morgan fingerprint density at radius 3 is 2.37 bits per heavy atom. The SMILES string of the molecule is CC(C)[C@@H](NS(=O)(=O)c1c(Cl)cccc1Cl)C(=O)OCc1cccc2cccnc12. The third kappa shape index (κ3) is 4.92. The van der Waals surface area contributed by atoms with E-state index in [0.29, 0.717) is 0 Å². The Labute approximate surface area is 185 Å². The van der Waals surface area contributed by atoms with Crippen molar-refractivity contribution >= 4 is 50.1 Å². The molecular formula is C21H20Cl2N2O4S. The van der Waals surface area contributed by atoms with Crippen molar-refractivity contribution in [1.29, 1.82) is 0 Å². The van der Waals surface area contributed by atoms with Gasteiger partial charge in [-0.05, 0) is 24.1 Å². The third-order valence-electron chi connectivity index (χ3n) is 4.48. The van der Waals surface area contributed by atoms with Gasteiger partial charge in [-0.3, -0.25) is 9.78 Å². The maximum Gasteiger partial charge on any atom is 0.324 e. The Morgan fingerprint density at radius 1 is 1.07 bits per heavy atom. The molecule has 2 aromatic carbocycles. The lowest BCUT2D eigenvalue weighted by atomic mass is 10.1. The van der Waals surface area contributed by atoms with Crippen molar-refractivity contribution < 1.29 is 17.9 Å². The number of nitrogens with zero attached hydrogens (tertiary/aromatic N) is 1. The van der Waals surface area contributed by atoms with Gasteiger partial charge in [0.25, 0.3) is 0 Å². The maximum absolute atomic E-state index is 12.8. The molecule has 0 unspecified atom stereocenters. The molecule has 9 heteroatoms. The van der Waals surface area contributed by atoms with E-state index in [1.807, 2.05) is 24.3 Å². The van der Waals surface area contributed by atoms with Gasteiger partial charge < -0.3 is 4.74 Å². The zero-order valence-electron chi connectivity index (χ0n) is 16.3. The van der Waals surface area contributed by atoms with Crippen molar-refractivity contribution in [3.8, 4) is 0 Å². The number of para-hydroxylation sites is 1. The Morgan fingerprint density at radius 2 is 1.70 bits per heavy atom. The molecule has 158 valence electrons. The number of rotatable bonds is 7. The number of nitrogens with one attached hydrogen (secondary N) is 1. The van der Waals surface area contributed by atoms with Crippen molar-refractivity contribution in [1.82, 2.24) is 9.71 Å². The summed E-state index contributed by atoms with van der Waals surface area (Å²) in [6, 6.07) is 12.5. The second-order valence-corrected chi connectivity index (χ2v) is 9.46. The fourth-order valence-electron chi connectivity index (χ4n) is 2.94. The van der Waals surface area contributed by atoms with E-state index in [0.717, 1.165) is 16.5 Å². The lowest BCUT2D eigenvalue weighted by Crippen LogP contribution is -2.45. The van der Waals surface area contributed by atoms with Crippen LogP contribution in [0.25, 0.3) is 10.9 Å². The van der Waals surface area contributed by atoms with Crippen LogP contribution in [0, 0.1) is 5.92 Å². The standard InChI is InChI=1S/C21H20Cl2N2O4S/c1-13(2)18(25-30(27,28)20-16(22)9-4-10-17(20)23)21(26)29-12-15-7-3-6-14-8-5-11-24-19(14)15/h3-11,13,18,25H,12H2,1-2H3/t18-/m1/s1. The molecular weight excluding hydrogens is 447 g/mol. The molecule has 0 saturated carbocycles. The van der Waals surface area contributed by atoms with Gasteiger partial charge in [-0.25, -0.2) is 8.42 Å². The smallest absolute Gasteiger partial charge is 0.324 e. The third-order valence-corrected chi connectivity index (χ3v) is 6.87. The summed E-state index contributed by atoms with van der Waals surface area (Å²) >= 11 is 12.1. The minimum Gasteiger partial charge on any atom is -0.460 e. The average Bonchev–Trinajstić information content (AvgIpc) is 2.69. The maximum atomic E-state index is 12.8. The molecule has 1 N–H and O–H groups in total. The van der Waals surface area contributed by atoms with Gasteiger partial charge in [0.05, 0.1) is 15.6 Å². The van der Waals surface area contributed by atoms with E-state index in [9.17, 15) is 13.2 Å². The van der Waals surface area contributed by atoms with Crippen molar-refractivity contribution in [2.24, 2.45) is 5.92 Å². The van der Waals surface area contributed by atoms with Gasteiger partial charge in [0.15, 0.2) is 0 Å². The molecule has 0 saturated heterocycles. The number of carbonyl (C=O) groups excluding carboxylic acids is 1. The highest BCUT2D eigenvalue weighted by molar-refractivity contribution is 7.89. The second kappa shape index (κ2) is 9.31. The minimum absolute atomic E-state index is 0.0345. The zero-order chi connectivity index (χ0) is 21.9. The van der Waals surface area contributed by atoms with Gasteiger partial charge in [0, 0.05) is 17.1 Å². The van der Waals surface area contributed by atoms with Crippen molar-refractivity contribution in [3.05, 3.63) is 70.3 Å². The van der Waals surface area contributed by atoms with Crippen LogP contribution in [0.1, 0.15) is 19.4 Å². The van der Waals surface area contributed by atoms with E-state index in [2.05, 4.69) is 9.71 Å². The van der Waals surface area contributed by atoms with Crippen molar-refractivity contribution in [2.45, 2.75) is 31.4 Å². The summed E-state index contributed by atoms with van der Waals surface area (Å²) in [6.07, 6.45) is 1.66. The number of carbonyl (C=O) groups is 1. The van der Waals surface area contributed by atoms with Crippen LogP contribution in [-0.2, 0) is 26.2 Å². The summed E-state index contributed by atoms with van der Waals surface area (Å²) in [4.78, 5) is 16.8. The fourth-order valence-corrected chi connectivity index (χ4v) is 5.42. The summed E-state index contributed by atoms with van der Waals surface area (Å²) in [6.45, 7) is 3.38. The second-order valence-electron chi connectivity index (χ2n) is 6.99. The molecule has 0 aliphatic carbocycles. The molecule has 30 heavy (non-hydrogen) atoms. The summed E-state index contributed by atoms with van der Waals surface area (Å²) in [5.74, 6) is -1.08. The first kappa shape index (κ1) is 22.5. The Bertz CT molecular complexity index is 1160. The molecule has 3 rings (SSSR count). The van der Waals surface area contributed by atoms with Crippen LogP contribution in [0.3, 0.4) is 0 Å². The van der Waals surface area contributed by atoms with Crippen molar-refractivity contribution in [2.75, 3.05) is 0 Å². The monoisotopic (exact) mass is 466 g/mol. The van der Waals surface area contributed by atoms with Crippen LogP contribution < -0.4 is 4.72 Å². The first-order valence-electron chi connectivity index (χ1n) is 9.16. The minimum atomic E-state index is -4.16. The first-order chi connectivity index (χ1) is 14.2. The van der Waals surface area contributed by atoms with E-state index >= 15 is 0 Å². The summed E-state index contributed by atoms with van der Waals surface area (Å²) in [5, 5.41) is 0.848. The molecule has 0 aliphatic heterocycles. The van der Waals surface area contributed by atoms with E-state index in [1.165, 1.54) is 18.2 Å². The van der Waals surface area contributed by atoms with Crippen LogP contribution in [-0.4, -0.2) is 25.4 Å². The number of esters is 1. The molecule has 0 bridgehead atoms. The normalized spacial score (nSPS) is 12.8. The molecule has 1 aromatic heterocycles. The molecule has 0 aliphatic rings. The average molecular weight is 467 g/mol. The van der Waals surface area contributed by atoms with Crippen LogP contribution in [0.5, 0.6) is 0 Å². The highest BCUT2D eigenvalue weighted by atomic mass is 35.5. The molecule has 0 fully saturated rings. The number of pyridine rings is 1. The van der Waals surface area contributed by atoms with Gasteiger partial charge in [-0.1, -0.05) is 67.4 Å². The highest BCUT2D eigenvalue weighted by Gasteiger charge is 2.32. The predicted octanol–water partition coefficient (Wildman–Crippen LogP) is 4.59. The number of sulfonamides is 1. The van der Waals surface area contributed by atoms with Crippen molar-refractivity contribution in [3.63, 3.8) is 0 Å². The van der Waals surface area contributed by atoms with Gasteiger partial charge >= 0.3 is 5.97 Å². The molecule has 3 aromatic rings. The molecule has 6 nitrogen and oxygen atoms in total. The van der Waals surface area contributed by atoms with Gasteiger partial charge in [-0.15, -0.1) is 0 Å². The Hall–Kier alpha value is -2.19. The number of hydrogen-bond donors (Lipinski definition) is 1. The number of aromatic nitrogens is 1. The Kier molecular flexibility index (Phi) is 6.98. The molecule has 1 heterocycles. The number of ether oxygens (including phenoxy) is 1. The van der Waals surface area contributed by atoms with Gasteiger partial charge in [0.2, 0.25) is 10.0 Å². The summed E-state index contributed by atoms with van der Waals surface area (Å²) in [7, 11) is -4.16. The Balaban J connectivity index is 1.80. The molecule has 0 amide bonds. The van der Waals surface area contributed by atoms with Crippen LogP contribution in [0.15, 0.2) is 59.6 Å². The zero-order valence-corrected chi connectivity index (χ0v) is 18.6. The van der Waals surface area contributed by atoms with Crippen LogP contribution in [0.4, 0.5) is 0 Å². The number of fused-ring (bicyclic) bond motifs is 1. The van der Waals surface area contributed by atoms with Gasteiger partial charge in [0.1, 0.15) is 17.5 Å². The van der Waals surface area contributed by atoms with E-state index in [-0.39, 0.29) is 27.5 Å². The number of hydrogen-bond acceptors (Lipinski definition) is 5. The van der Waals surface area contributed by atoms with Gasteiger partial charge in [-0.2, -0.15) is 4.72 Å². The van der Waals surface area contributed by atoms with Crippen LogP contribution >= 0.6 is 23.2 Å². The van der Waals surface area contributed by atoms with Crippen LogP contribution in [0.2, 0.25) is 10.0 Å². The van der Waals surface area contributed by atoms with E-state index < -0.39 is 22.0 Å². The largest absolute Gasteiger partial charge is 0.460 e. The topological polar surface area (TPSA) is 85.4 Å². The molecule has 1 atom stereocenters. The quantitative estimate of drug-likeness (QED) is 0.514. The fraction of sp³-hybridized carbons (Fsp3) is 0.238. The van der Waals surface area contributed by atoms with E-state index in [1.54, 1.807) is 26.1 Å². The highest BCUT2D eigenvalue weighted by Crippen LogP contribution is 2.29. The predicted molar refractivity (Wildman–Crippen MR) is 117 cm³/mol. The molecule has 0 spiro atoms. The number of benzene rings is 2. The lowest BCUT2D eigenvalue weighted by molar-refractivity contribution is -0.148. The van der Waals surface area contributed by atoms with E-state index in [4.69, 9.17) is 27.9 Å². The summed E-state index contributed by atoms with van der Waals surface area (Å²) < 4.78 is 33.5. The molecule has 0 radical (unpaired) electrons.